The van der Waals surface area contributed by atoms with Crippen LogP contribution in [0.3, 0.4) is 0 Å². The number of nitrogens with one attached hydrogen (secondary N) is 1. The first-order valence-corrected chi connectivity index (χ1v) is 10.2. The molecule has 28 heavy (non-hydrogen) atoms. The number of rotatable bonds is 7. The second kappa shape index (κ2) is 9.61. The Hall–Kier alpha value is -1.79. The summed E-state index contributed by atoms with van der Waals surface area (Å²) in [7, 11) is 0. The highest BCUT2D eigenvalue weighted by Crippen LogP contribution is 2.28. The van der Waals surface area contributed by atoms with Crippen molar-refractivity contribution in [3.63, 3.8) is 0 Å². The maximum atomic E-state index is 12.4. The number of hydrogen-bond acceptors (Lipinski definition) is 4. The van der Waals surface area contributed by atoms with Crippen LogP contribution in [-0.4, -0.2) is 55.5 Å². The van der Waals surface area contributed by atoms with Crippen molar-refractivity contribution >= 4 is 29.9 Å². The molecule has 2 saturated heterocycles. The molecule has 7 heteroatoms. The molecule has 2 amide bonds. The minimum atomic E-state index is 0. The quantitative estimate of drug-likeness (QED) is 0.754. The van der Waals surface area contributed by atoms with Gasteiger partial charge in [-0.2, -0.15) is 0 Å². The van der Waals surface area contributed by atoms with Crippen molar-refractivity contribution in [2.45, 2.75) is 44.6 Å². The van der Waals surface area contributed by atoms with Crippen LogP contribution in [0.25, 0.3) is 0 Å². The third-order valence-corrected chi connectivity index (χ3v) is 5.82. The lowest BCUT2D eigenvalue weighted by Crippen LogP contribution is -2.46. The van der Waals surface area contributed by atoms with Crippen LogP contribution < -0.4 is 15.0 Å². The number of anilines is 1. The molecule has 3 aliphatic rings. The Morgan fingerprint density at radius 3 is 2.39 bits per heavy atom. The fraction of sp³-hybridized carbons (Fsp3) is 0.619. The summed E-state index contributed by atoms with van der Waals surface area (Å²) in [6.07, 6.45) is 6.33. The van der Waals surface area contributed by atoms with E-state index in [2.05, 4.69) is 5.32 Å². The molecule has 154 valence electrons. The third-order valence-electron chi connectivity index (χ3n) is 5.82. The standard InChI is InChI=1S/C21H29N3O3.ClH/c25-20-2-1-11-24(20)18-5-7-19(8-6-18)27-15-21(26)23-12-9-17(10-13-23)22-14-16-3-4-16;/h5-8,16-17,22H,1-4,9-15H2;1H. The van der Waals surface area contributed by atoms with Crippen molar-refractivity contribution in [3.05, 3.63) is 24.3 Å². The van der Waals surface area contributed by atoms with Crippen molar-refractivity contribution in [3.8, 4) is 5.75 Å². The van der Waals surface area contributed by atoms with E-state index in [0.29, 0.717) is 18.2 Å². The van der Waals surface area contributed by atoms with Crippen molar-refractivity contribution in [1.82, 2.24) is 10.2 Å². The number of halogens is 1. The number of benzene rings is 1. The molecule has 3 fully saturated rings. The van der Waals surface area contributed by atoms with Crippen LogP contribution >= 0.6 is 12.4 Å². The van der Waals surface area contributed by atoms with Gasteiger partial charge in [-0.3, -0.25) is 9.59 Å². The van der Waals surface area contributed by atoms with E-state index >= 15 is 0 Å². The summed E-state index contributed by atoms with van der Waals surface area (Å²) in [5, 5.41) is 3.64. The first kappa shape index (κ1) is 20.9. The van der Waals surface area contributed by atoms with Crippen molar-refractivity contribution < 1.29 is 14.3 Å². The van der Waals surface area contributed by atoms with Crippen LogP contribution in [0.2, 0.25) is 0 Å². The Morgan fingerprint density at radius 2 is 1.79 bits per heavy atom. The second-order valence-electron chi connectivity index (χ2n) is 7.94. The van der Waals surface area contributed by atoms with Crippen LogP contribution in [0.4, 0.5) is 5.69 Å². The summed E-state index contributed by atoms with van der Waals surface area (Å²) >= 11 is 0. The van der Waals surface area contributed by atoms with Crippen LogP contribution in [0.1, 0.15) is 38.5 Å². The van der Waals surface area contributed by atoms with Gasteiger partial charge in [0.15, 0.2) is 6.61 Å². The fourth-order valence-corrected chi connectivity index (χ4v) is 3.87. The highest BCUT2D eigenvalue weighted by atomic mass is 35.5. The molecule has 0 bridgehead atoms. The van der Waals surface area contributed by atoms with Gasteiger partial charge in [-0.25, -0.2) is 0 Å². The Bertz CT molecular complexity index is 670. The van der Waals surface area contributed by atoms with Gasteiger partial charge in [-0.1, -0.05) is 0 Å². The molecule has 1 saturated carbocycles. The maximum Gasteiger partial charge on any atom is 0.260 e. The van der Waals surface area contributed by atoms with Crippen LogP contribution in [0, 0.1) is 5.92 Å². The number of amides is 2. The molecule has 1 aromatic rings. The molecule has 2 aliphatic heterocycles. The van der Waals surface area contributed by atoms with Crippen molar-refractivity contribution in [2.24, 2.45) is 5.92 Å². The normalized spacial score (nSPS) is 20.2. The van der Waals surface area contributed by atoms with E-state index in [0.717, 1.165) is 57.0 Å². The molecule has 0 unspecified atom stereocenters. The second-order valence-corrected chi connectivity index (χ2v) is 7.94. The first-order chi connectivity index (χ1) is 13.2. The Kier molecular flexibility index (Phi) is 7.18. The van der Waals surface area contributed by atoms with Gasteiger partial charge in [-0.15, -0.1) is 12.4 Å². The lowest BCUT2D eigenvalue weighted by molar-refractivity contribution is -0.134. The van der Waals surface area contributed by atoms with E-state index in [1.807, 2.05) is 29.2 Å². The Morgan fingerprint density at radius 1 is 1.07 bits per heavy atom. The average Bonchev–Trinajstić information content (AvgIpc) is 3.44. The van der Waals surface area contributed by atoms with Gasteiger partial charge in [0.05, 0.1) is 0 Å². The van der Waals surface area contributed by atoms with E-state index < -0.39 is 0 Å². The van der Waals surface area contributed by atoms with Gasteiger partial charge < -0.3 is 19.9 Å². The van der Waals surface area contributed by atoms with Gasteiger partial charge in [-0.05, 0) is 68.8 Å². The van der Waals surface area contributed by atoms with Gasteiger partial charge in [0.25, 0.3) is 5.91 Å². The Balaban J connectivity index is 0.00000225. The number of carbonyl (C=O) groups excluding carboxylic acids is 2. The van der Waals surface area contributed by atoms with Gasteiger partial charge in [0.2, 0.25) is 5.91 Å². The smallest absolute Gasteiger partial charge is 0.260 e. The van der Waals surface area contributed by atoms with E-state index in [-0.39, 0.29) is 30.8 Å². The predicted octanol–water partition coefficient (Wildman–Crippen LogP) is 2.60. The first-order valence-electron chi connectivity index (χ1n) is 10.2. The molecular formula is C21H30ClN3O3. The predicted molar refractivity (Wildman–Crippen MR) is 111 cm³/mol. The van der Waals surface area contributed by atoms with E-state index in [1.54, 1.807) is 4.90 Å². The zero-order chi connectivity index (χ0) is 18.6. The van der Waals surface area contributed by atoms with Crippen molar-refractivity contribution in [2.75, 3.05) is 37.7 Å². The summed E-state index contributed by atoms with van der Waals surface area (Å²) in [4.78, 5) is 27.9. The van der Waals surface area contributed by atoms with Gasteiger partial charge in [0, 0.05) is 37.8 Å². The number of carbonyl (C=O) groups is 2. The molecule has 0 spiro atoms. The Labute approximate surface area is 173 Å². The number of nitrogens with zero attached hydrogens (tertiary/aromatic N) is 2. The molecule has 0 atom stereocenters. The lowest BCUT2D eigenvalue weighted by atomic mass is 10.0. The number of likely N-dealkylation sites (tertiary alicyclic amines) is 1. The molecule has 2 heterocycles. The van der Waals surface area contributed by atoms with E-state index in [9.17, 15) is 9.59 Å². The molecule has 0 radical (unpaired) electrons. The third kappa shape index (κ3) is 5.39. The monoisotopic (exact) mass is 407 g/mol. The molecule has 4 rings (SSSR count). The van der Waals surface area contributed by atoms with Gasteiger partial charge >= 0.3 is 0 Å². The summed E-state index contributed by atoms with van der Waals surface area (Å²) in [6, 6.07) is 8.00. The minimum Gasteiger partial charge on any atom is -0.484 e. The summed E-state index contributed by atoms with van der Waals surface area (Å²) in [5.74, 6) is 1.79. The van der Waals surface area contributed by atoms with Crippen LogP contribution in [0.5, 0.6) is 5.75 Å². The fourth-order valence-electron chi connectivity index (χ4n) is 3.87. The summed E-state index contributed by atoms with van der Waals surface area (Å²) < 4.78 is 5.67. The largest absolute Gasteiger partial charge is 0.484 e. The SMILES string of the molecule is Cl.O=C(COc1ccc(N2CCCC2=O)cc1)N1CCC(NCC2CC2)CC1. The number of ether oxygens (including phenoxy) is 1. The highest BCUT2D eigenvalue weighted by Gasteiger charge is 2.26. The summed E-state index contributed by atoms with van der Waals surface area (Å²) in [6.45, 7) is 3.60. The molecule has 0 aromatic heterocycles. The summed E-state index contributed by atoms with van der Waals surface area (Å²) in [5.41, 5.74) is 0.900. The number of hydrogen-bond donors (Lipinski definition) is 1. The molecule has 1 N–H and O–H groups in total. The number of piperidine rings is 1. The molecule has 1 aliphatic carbocycles. The van der Waals surface area contributed by atoms with Crippen LogP contribution in [-0.2, 0) is 9.59 Å². The van der Waals surface area contributed by atoms with Gasteiger partial charge in [0.1, 0.15) is 5.75 Å². The zero-order valence-corrected chi connectivity index (χ0v) is 17.1. The molecule has 1 aromatic carbocycles. The lowest BCUT2D eigenvalue weighted by Gasteiger charge is -2.32. The zero-order valence-electron chi connectivity index (χ0n) is 16.3. The van der Waals surface area contributed by atoms with Crippen molar-refractivity contribution in [1.29, 1.82) is 0 Å². The minimum absolute atomic E-state index is 0. The van der Waals surface area contributed by atoms with Crippen LogP contribution in [0.15, 0.2) is 24.3 Å². The topological polar surface area (TPSA) is 61.9 Å². The van der Waals surface area contributed by atoms with E-state index in [1.165, 1.54) is 12.8 Å². The molecule has 6 nitrogen and oxygen atoms in total. The highest BCUT2D eigenvalue weighted by molar-refractivity contribution is 5.95. The average molecular weight is 408 g/mol. The van der Waals surface area contributed by atoms with E-state index in [4.69, 9.17) is 4.74 Å². The maximum absolute atomic E-state index is 12.4. The molecular weight excluding hydrogens is 378 g/mol.